The van der Waals surface area contributed by atoms with Crippen molar-refractivity contribution >= 4 is 17.2 Å². The minimum Gasteiger partial charge on any atom is -0.349 e. The summed E-state index contributed by atoms with van der Waals surface area (Å²) in [5, 5.41) is 3.33. The van der Waals surface area contributed by atoms with Crippen LogP contribution < -0.4 is 5.32 Å². The second-order valence-electron chi connectivity index (χ2n) is 6.25. The van der Waals surface area contributed by atoms with Crippen LogP contribution in [0, 0.1) is 11.6 Å². The van der Waals surface area contributed by atoms with Crippen LogP contribution >= 0.6 is 11.3 Å². The van der Waals surface area contributed by atoms with Gasteiger partial charge in [-0.05, 0) is 43.9 Å². The molecule has 0 spiro atoms. The van der Waals surface area contributed by atoms with Crippen LogP contribution in [0.25, 0.3) is 10.6 Å². The highest BCUT2D eigenvalue weighted by molar-refractivity contribution is 7.16. The third-order valence-electron chi connectivity index (χ3n) is 4.17. The molecule has 0 aliphatic heterocycles. The Morgan fingerprint density at radius 1 is 1.15 bits per heavy atom. The van der Waals surface area contributed by atoms with Crippen LogP contribution in [0.15, 0.2) is 54.7 Å². The van der Waals surface area contributed by atoms with Crippen LogP contribution in [0.5, 0.6) is 0 Å². The lowest BCUT2D eigenvalue weighted by molar-refractivity contribution is 0.0945. The van der Waals surface area contributed by atoms with Crippen LogP contribution in [0.1, 0.15) is 21.3 Å². The van der Waals surface area contributed by atoms with Gasteiger partial charge >= 0.3 is 0 Å². The van der Waals surface area contributed by atoms with Crippen LogP contribution in [0.4, 0.5) is 8.78 Å². The fourth-order valence-electron chi connectivity index (χ4n) is 2.70. The number of nitrogens with zero attached hydrogens (tertiary/aromatic N) is 2. The van der Waals surface area contributed by atoms with E-state index < -0.39 is 0 Å². The highest BCUT2D eigenvalue weighted by Gasteiger charge is 2.18. The summed E-state index contributed by atoms with van der Waals surface area (Å²) in [6.07, 6.45) is 1.45. The second kappa shape index (κ2) is 8.37. The van der Waals surface area contributed by atoms with E-state index in [-0.39, 0.29) is 23.6 Å². The number of hydrogen-bond acceptors (Lipinski definition) is 4. The summed E-state index contributed by atoms with van der Waals surface area (Å²) in [5.74, 6) is -0.947. The minimum absolute atomic E-state index is 0.103. The number of hydrogen-bond donors (Lipinski definition) is 1. The Bertz CT molecular complexity index is 925. The van der Waals surface area contributed by atoms with Crippen molar-refractivity contribution in [3.63, 3.8) is 0 Å². The molecule has 0 radical (unpaired) electrons. The number of nitrogens with one attached hydrogen (secondary N) is 1. The van der Waals surface area contributed by atoms with Gasteiger partial charge in [0.1, 0.15) is 21.5 Å². The largest absolute Gasteiger partial charge is 0.349 e. The normalized spacial score (nSPS) is 12.2. The topological polar surface area (TPSA) is 45.2 Å². The molecule has 0 fully saturated rings. The zero-order valence-electron chi connectivity index (χ0n) is 14.9. The van der Waals surface area contributed by atoms with Crippen molar-refractivity contribution in [3.05, 3.63) is 76.8 Å². The number of amides is 1. The Kier molecular flexibility index (Phi) is 5.93. The Morgan fingerprint density at radius 2 is 1.85 bits per heavy atom. The minimum atomic E-state index is -0.372. The maximum absolute atomic E-state index is 13.9. The Morgan fingerprint density at radius 3 is 2.52 bits per heavy atom. The molecule has 140 valence electrons. The number of thiazole rings is 1. The summed E-state index contributed by atoms with van der Waals surface area (Å²) < 4.78 is 27.0. The SMILES string of the molecule is CN(C)C(CNC(=O)c1cnc(-c2ccccc2F)s1)c1ccc(F)cc1. The van der Waals surface area contributed by atoms with E-state index in [1.54, 1.807) is 30.3 Å². The van der Waals surface area contributed by atoms with Crippen molar-refractivity contribution in [3.8, 4) is 10.6 Å². The first kappa shape index (κ1) is 19.1. The molecular weight excluding hydrogens is 368 g/mol. The third-order valence-corrected chi connectivity index (χ3v) is 5.20. The van der Waals surface area contributed by atoms with Gasteiger partial charge < -0.3 is 10.2 Å². The van der Waals surface area contributed by atoms with E-state index in [4.69, 9.17) is 0 Å². The Labute approximate surface area is 160 Å². The predicted octanol–water partition coefficient (Wildman–Crippen LogP) is 4.12. The van der Waals surface area contributed by atoms with Gasteiger partial charge in [-0.3, -0.25) is 4.79 Å². The maximum atomic E-state index is 13.9. The molecule has 2 aromatic carbocycles. The fourth-order valence-corrected chi connectivity index (χ4v) is 3.56. The molecule has 1 heterocycles. The lowest BCUT2D eigenvalue weighted by Gasteiger charge is -2.25. The summed E-state index contributed by atoms with van der Waals surface area (Å²) in [4.78, 5) is 19.0. The quantitative estimate of drug-likeness (QED) is 0.692. The zero-order chi connectivity index (χ0) is 19.4. The lowest BCUT2D eigenvalue weighted by atomic mass is 10.1. The van der Waals surface area contributed by atoms with E-state index in [9.17, 15) is 13.6 Å². The van der Waals surface area contributed by atoms with E-state index >= 15 is 0 Å². The molecule has 7 heteroatoms. The monoisotopic (exact) mass is 387 g/mol. The molecule has 4 nitrogen and oxygen atoms in total. The molecule has 1 amide bonds. The number of halogens is 2. The standard InChI is InChI=1S/C20H19F2N3OS/c1-25(2)17(13-7-9-14(21)10-8-13)11-23-19(26)18-12-24-20(27-18)15-5-3-4-6-16(15)22/h3-10,12,17H,11H2,1-2H3,(H,23,26). The molecule has 1 aromatic heterocycles. The highest BCUT2D eigenvalue weighted by Crippen LogP contribution is 2.27. The smallest absolute Gasteiger partial charge is 0.263 e. The summed E-state index contributed by atoms with van der Waals surface area (Å²) in [7, 11) is 3.78. The summed E-state index contributed by atoms with van der Waals surface area (Å²) in [6, 6.07) is 12.4. The predicted molar refractivity (Wildman–Crippen MR) is 103 cm³/mol. The van der Waals surface area contributed by atoms with Gasteiger partial charge in [-0.2, -0.15) is 0 Å². The summed E-state index contributed by atoms with van der Waals surface area (Å²) in [5.41, 5.74) is 1.28. The van der Waals surface area contributed by atoms with E-state index in [2.05, 4.69) is 10.3 Å². The molecule has 0 saturated heterocycles. The molecule has 0 saturated carbocycles. The number of carbonyl (C=O) groups excluding carboxylic acids is 1. The average molecular weight is 387 g/mol. The molecule has 0 aliphatic carbocycles. The molecule has 3 rings (SSSR count). The van der Waals surface area contributed by atoms with Gasteiger partial charge in [0, 0.05) is 12.1 Å². The van der Waals surface area contributed by atoms with E-state index in [1.165, 1.54) is 24.4 Å². The van der Waals surface area contributed by atoms with Crippen molar-refractivity contribution < 1.29 is 13.6 Å². The van der Waals surface area contributed by atoms with Gasteiger partial charge in [-0.15, -0.1) is 11.3 Å². The van der Waals surface area contributed by atoms with Crippen molar-refractivity contribution in [2.45, 2.75) is 6.04 Å². The van der Waals surface area contributed by atoms with Crippen molar-refractivity contribution in [1.82, 2.24) is 15.2 Å². The van der Waals surface area contributed by atoms with Crippen LogP contribution in [-0.4, -0.2) is 36.4 Å². The number of likely N-dealkylation sites (N-methyl/N-ethyl adjacent to an activating group) is 1. The number of carbonyl (C=O) groups is 1. The van der Waals surface area contributed by atoms with Crippen molar-refractivity contribution in [2.24, 2.45) is 0 Å². The van der Waals surface area contributed by atoms with E-state index in [0.29, 0.717) is 22.0 Å². The Hall–Kier alpha value is -2.64. The first-order valence-corrected chi connectivity index (χ1v) is 9.18. The highest BCUT2D eigenvalue weighted by atomic mass is 32.1. The molecule has 0 aliphatic rings. The molecule has 3 aromatic rings. The molecule has 1 atom stereocenters. The molecule has 1 unspecified atom stereocenters. The van der Waals surface area contributed by atoms with Gasteiger partial charge in [0.05, 0.1) is 12.2 Å². The molecule has 0 bridgehead atoms. The second-order valence-corrected chi connectivity index (χ2v) is 7.28. The van der Waals surface area contributed by atoms with Crippen molar-refractivity contribution in [2.75, 3.05) is 20.6 Å². The van der Waals surface area contributed by atoms with Gasteiger partial charge in [-0.1, -0.05) is 24.3 Å². The van der Waals surface area contributed by atoms with Gasteiger partial charge in [0.25, 0.3) is 5.91 Å². The molecular formula is C20H19F2N3OS. The summed E-state index contributed by atoms with van der Waals surface area (Å²) >= 11 is 1.14. The summed E-state index contributed by atoms with van der Waals surface area (Å²) in [6.45, 7) is 0.352. The van der Waals surface area contributed by atoms with E-state index in [1.807, 2.05) is 19.0 Å². The van der Waals surface area contributed by atoms with E-state index in [0.717, 1.165) is 16.9 Å². The van der Waals surface area contributed by atoms with Crippen molar-refractivity contribution in [1.29, 1.82) is 0 Å². The van der Waals surface area contributed by atoms with Gasteiger partial charge in [-0.25, -0.2) is 13.8 Å². The fraction of sp³-hybridized carbons (Fsp3) is 0.200. The Balaban J connectivity index is 1.70. The van der Waals surface area contributed by atoms with Crippen LogP contribution in [0.3, 0.4) is 0 Å². The molecule has 27 heavy (non-hydrogen) atoms. The maximum Gasteiger partial charge on any atom is 0.263 e. The van der Waals surface area contributed by atoms with Gasteiger partial charge in [0.15, 0.2) is 0 Å². The average Bonchev–Trinajstić information content (AvgIpc) is 3.13. The molecule has 1 N–H and O–H groups in total. The zero-order valence-corrected chi connectivity index (χ0v) is 15.8. The lowest BCUT2D eigenvalue weighted by Crippen LogP contribution is -2.34. The number of rotatable bonds is 6. The number of benzene rings is 2. The van der Waals surface area contributed by atoms with Crippen LogP contribution in [0.2, 0.25) is 0 Å². The van der Waals surface area contributed by atoms with Gasteiger partial charge in [0.2, 0.25) is 0 Å². The van der Waals surface area contributed by atoms with Crippen LogP contribution in [-0.2, 0) is 0 Å². The first-order chi connectivity index (χ1) is 13.0. The third kappa shape index (κ3) is 4.56. The first-order valence-electron chi connectivity index (χ1n) is 8.36. The number of aromatic nitrogens is 1.